The van der Waals surface area contributed by atoms with Crippen molar-refractivity contribution >= 4 is 11.6 Å². The van der Waals surface area contributed by atoms with Crippen molar-refractivity contribution in [2.75, 3.05) is 13.2 Å². The Bertz CT molecular complexity index is 537. The molecule has 5 heteroatoms. The molecular formula is C15H20ClN3O. The van der Waals surface area contributed by atoms with E-state index in [9.17, 15) is 0 Å². The molecule has 0 aliphatic heterocycles. The number of benzene rings is 1. The van der Waals surface area contributed by atoms with Gasteiger partial charge in [-0.2, -0.15) is 5.10 Å². The van der Waals surface area contributed by atoms with Gasteiger partial charge in [0.2, 0.25) is 0 Å². The smallest absolute Gasteiger partial charge is 0.119 e. The zero-order valence-corrected chi connectivity index (χ0v) is 12.7. The first-order valence-electron chi connectivity index (χ1n) is 6.81. The van der Waals surface area contributed by atoms with Crippen LogP contribution < -0.4 is 10.1 Å². The summed E-state index contributed by atoms with van der Waals surface area (Å²) < 4.78 is 7.56. The lowest BCUT2D eigenvalue weighted by atomic mass is 10.2. The van der Waals surface area contributed by atoms with Gasteiger partial charge in [0.1, 0.15) is 12.4 Å². The van der Waals surface area contributed by atoms with Crippen molar-refractivity contribution in [1.29, 1.82) is 0 Å². The fourth-order valence-electron chi connectivity index (χ4n) is 1.87. The van der Waals surface area contributed by atoms with Gasteiger partial charge in [0, 0.05) is 6.54 Å². The molecule has 0 spiro atoms. The SMILES string of the molecule is CCNCc1ccc(OCCn2ncc(Cl)c2C)cc1. The van der Waals surface area contributed by atoms with Gasteiger partial charge in [-0.05, 0) is 31.2 Å². The molecule has 0 bridgehead atoms. The molecule has 0 atom stereocenters. The fourth-order valence-corrected chi connectivity index (χ4v) is 2.01. The zero-order chi connectivity index (χ0) is 14.4. The Morgan fingerprint density at radius 1 is 1.30 bits per heavy atom. The molecule has 0 aliphatic carbocycles. The Balaban J connectivity index is 1.80. The molecule has 2 rings (SSSR count). The van der Waals surface area contributed by atoms with E-state index < -0.39 is 0 Å². The van der Waals surface area contributed by atoms with Gasteiger partial charge >= 0.3 is 0 Å². The van der Waals surface area contributed by atoms with Crippen LogP contribution in [0.15, 0.2) is 30.5 Å². The summed E-state index contributed by atoms with van der Waals surface area (Å²) in [5.41, 5.74) is 2.23. The summed E-state index contributed by atoms with van der Waals surface area (Å²) in [6.45, 7) is 7.18. The van der Waals surface area contributed by atoms with Crippen LogP contribution in [0, 0.1) is 6.92 Å². The van der Waals surface area contributed by atoms with Crippen LogP contribution in [0.4, 0.5) is 0 Å². The van der Waals surface area contributed by atoms with Crippen molar-refractivity contribution in [3.63, 3.8) is 0 Å². The maximum absolute atomic E-state index is 5.95. The molecule has 0 fully saturated rings. The molecule has 0 radical (unpaired) electrons. The summed E-state index contributed by atoms with van der Waals surface area (Å²) in [7, 11) is 0. The highest BCUT2D eigenvalue weighted by molar-refractivity contribution is 6.31. The Morgan fingerprint density at radius 2 is 2.05 bits per heavy atom. The quantitative estimate of drug-likeness (QED) is 0.853. The average molecular weight is 294 g/mol. The summed E-state index contributed by atoms with van der Waals surface area (Å²) in [6.07, 6.45) is 1.66. The molecule has 0 aliphatic rings. The Kier molecular flexibility index (Phi) is 5.44. The highest BCUT2D eigenvalue weighted by Crippen LogP contribution is 2.14. The second-order valence-corrected chi connectivity index (χ2v) is 4.98. The monoisotopic (exact) mass is 293 g/mol. The van der Waals surface area contributed by atoms with Crippen LogP contribution >= 0.6 is 11.6 Å². The maximum atomic E-state index is 5.95. The molecule has 1 aromatic carbocycles. The van der Waals surface area contributed by atoms with Gasteiger partial charge in [-0.15, -0.1) is 0 Å². The number of aromatic nitrogens is 2. The molecule has 108 valence electrons. The van der Waals surface area contributed by atoms with Crippen molar-refractivity contribution in [1.82, 2.24) is 15.1 Å². The summed E-state index contributed by atoms with van der Waals surface area (Å²) in [6, 6.07) is 8.15. The first kappa shape index (κ1) is 14.9. The van der Waals surface area contributed by atoms with Crippen LogP contribution in [0.5, 0.6) is 5.75 Å². The lowest BCUT2D eigenvalue weighted by Gasteiger charge is -2.08. The molecule has 1 aromatic heterocycles. The molecule has 4 nitrogen and oxygen atoms in total. The number of ether oxygens (including phenoxy) is 1. The van der Waals surface area contributed by atoms with E-state index in [0.717, 1.165) is 24.5 Å². The predicted molar refractivity (Wildman–Crippen MR) is 81.3 cm³/mol. The van der Waals surface area contributed by atoms with E-state index in [1.807, 2.05) is 23.7 Å². The van der Waals surface area contributed by atoms with Crippen LogP contribution in [0.25, 0.3) is 0 Å². The molecule has 20 heavy (non-hydrogen) atoms. The minimum absolute atomic E-state index is 0.575. The molecule has 1 heterocycles. The molecule has 1 N–H and O–H groups in total. The van der Waals surface area contributed by atoms with Crippen molar-refractivity contribution in [2.45, 2.75) is 26.9 Å². The van der Waals surface area contributed by atoms with Crippen LogP contribution in [-0.4, -0.2) is 22.9 Å². The standard InChI is InChI=1S/C15H20ClN3O/c1-3-17-10-13-4-6-14(7-5-13)20-9-8-19-12(2)15(16)11-18-19/h4-7,11,17H,3,8-10H2,1-2H3. The van der Waals surface area contributed by atoms with Gasteiger partial charge in [-0.25, -0.2) is 0 Å². The van der Waals surface area contributed by atoms with E-state index in [1.54, 1.807) is 6.20 Å². The van der Waals surface area contributed by atoms with E-state index in [1.165, 1.54) is 5.56 Å². The van der Waals surface area contributed by atoms with E-state index in [0.29, 0.717) is 18.2 Å². The summed E-state index contributed by atoms with van der Waals surface area (Å²) >= 11 is 5.95. The van der Waals surface area contributed by atoms with E-state index in [4.69, 9.17) is 16.3 Å². The van der Waals surface area contributed by atoms with Gasteiger partial charge in [0.15, 0.2) is 0 Å². The van der Waals surface area contributed by atoms with Crippen LogP contribution in [0.1, 0.15) is 18.2 Å². The number of hydrogen-bond acceptors (Lipinski definition) is 3. The third kappa shape index (κ3) is 3.99. The topological polar surface area (TPSA) is 39.1 Å². The first-order valence-corrected chi connectivity index (χ1v) is 7.19. The van der Waals surface area contributed by atoms with Gasteiger partial charge in [0.25, 0.3) is 0 Å². The third-order valence-corrected chi connectivity index (χ3v) is 3.49. The fraction of sp³-hybridized carbons (Fsp3) is 0.400. The van der Waals surface area contributed by atoms with Gasteiger partial charge in [-0.3, -0.25) is 4.68 Å². The predicted octanol–water partition coefficient (Wildman–Crippen LogP) is 3.03. The molecule has 0 unspecified atom stereocenters. The van der Waals surface area contributed by atoms with E-state index >= 15 is 0 Å². The highest BCUT2D eigenvalue weighted by Gasteiger charge is 2.03. The average Bonchev–Trinajstić information content (AvgIpc) is 2.78. The molecule has 0 amide bonds. The van der Waals surface area contributed by atoms with Crippen LogP contribution in [-0.2, 0) is 13.1 Å². The van der Waals surface area contributed by atoms with Crippen molar-refractivity contribution in [3.05, 3.63) is 46.7 Å². The van der Waals surface area contributed by atoms with E-state index in [-0.39, 0.29) is 0 Å². The van der Waals surface area contributed by atoms with Gasteiger partial charge in [-0.1, -0.05) is 30.7 Å². The first-order chi connectivity index (χ1) is 9.70. The van der Waals surface area contributed by atoms with E-state index in [2.05, 4.69) is 29.5 Å². The Hall–Kier alpha value is -1.52. The second kappa shape index (κ2) is 7.31. The number of rotatable bonds is 7. The third-order valence-electron chi connectivity index (χ3n) is 3.12. The minimum Gasteiger partial charge on any atom is -0.492 e. The van der Waals surface area contributed by atoms with Crippen LogP contribution in [0.3, 0.4) is 0 Å². The molecule has 0 saturated carbocycles. The lowest BCUT2D eigenvalue weighted by molar-refractivity contribution is 0.290. The highest BCUT2D eigenvalue weighted by atomic mass is 35.5. The Labute approximate surface area is 124 Å². The summed E-state index contributed by atoms with van der Waals surface area (Å²) in [5.74, 6) is 0.876. The largest absolute Gasteiger partial charge is 0.492 e. The van der Waals surface area contributed by atoms with Crippen molar-refractivity contribution in [3.8, 4) is 5.75 Å². The summed E-state index contributed by atoms with van der Waals surface area (Å²) in [4.78, 5) is 0. The molecule has 0 saturated heterocycles. The minimum atomic E-state index is 0.575. The zero-order valence-electron chi connectivity index (χ0n) is 11.9. The number of nitrogens with one attached hydrogen (secondary N) is 1. The number of hydrogen-bond donors (Lipinski definition) is 1. The Morgan fingerprint density at radius 3 is 2.65 bits per heavy atom. The summed E-state index contributed by atoms with van der Waals surface area (Å²) in [5, 5.41) is 8.18. The van der Waals surface area contributed by atoms with Gasteiger partial charge < -0.3 is 10.1 Å². The van der Waals surface area contributed by atoms with Crippen LogP contribution in [0.2, 0.25) is 5.02 Å². The number of halogens is 1. The normalized spacial score (nSPS) is 10.8. The second-order valence-electron chi connectivity index (χ2n) is 4.57. The maximum Gasteiger partial charge on any atom is 0.119 e. The van der Waals surface area contributed by atoms with Crippen molar-refractivity contribution in [2.24, 2.45) is 0 Å². The number of nitrogens with zero attached hydrogens (tertiary/aromatic N) is 2. The lowest BCUT2D eigenvalue weighted by Crippen LogP contribution is -2.12. The van der Waals surface area contributed by atoms with Crippen molar-refractivity contribution < 1.29 is 4.74 Å². The van der Waals surface area contributed by atoms with Gasteiger partial charge in [0.05, 0.1) is 23.5 Å². The molecule has 2 aromatic rings. The molecular weight excluding hydrogens is 274 g/mol.